The predicted molar refractivity (Wildman–Crippen MR) is 78.2 cm³/mol. The minimum Gasteiger partial charge on any atom is -0.481 e. The molecule has 2 aromatic rings. The van der Waals surface area contributed by atoms with Gasteiger partial charge in [0.05, 0.1) is 23.3 Å². The number of rotatable bonds is 4. The summed E-state index contributed by atoms with van der Waals surface area (Å²) in [6.07, 6.45) is 2.13. The highest BCUT2D eigenvalue weighted by Crippen LogP contribution is 2.32. The van der Waals surface area contributed by atoms with E-state index in [1.54, 1.807) is 22.9 Å². The van der Waals surface area contributed by atoms with Gasteiger partial charge in [0.15, 0.2) is 20.6 Å². The van der Waals surface area contributed by atoms with Gasteiger partial charge in [0, 0.05) is 6.20 Å². The molecule has 1 aliphatic rings. The topological polar surface area (TPSA) is 102 Å². The Bertz CT molecular complexity index is 800. The molecule has 2 aromatic heterocycles. The predicted octanol–water partition coefficient (Wildman–Crippen LogP) is 0.968. The zero-order valence-corrected chi connectivity index (χ0v) is 12.6. The molecule has 0 spiro atoms. The van der Waals surface area contributed by atoms with E-state index in [-0.39, 0.29) is 23.3 Å². The average molecular weight is 327 g/mol. The Kier molecular flexibility index (Phi) is 3.62. The third kappa shape index (κ3) is 2.88. The maximum atomic E-state index is 11.7. The Morgan fingerprint density at radius 1 is 1.52 bits per heavy atom. The number of pyridine rings is 1. The number of carboxylic acid groups (broad SMARTS) is 1. The van der Waals surface area contributed by atoms with Crippen molar-refractivity contribution in [1.82, 2.24) is 14.5 Å². The van der Waals surface area contributed by atoms with E-state index in [2.05, 4.69) is 9.97 Å². The molecule has 112 valence electrons. The van der Waals surface area contributed by atoms with Gasteiger partial charge in [-0.15, -0.1) is 0 Å². The first-order chi connectivity index (χ1) is 9.96. The van der Waals surface area contributed by atoms with Crippen molar-refractivity contribution < 1.29 is 18.3 Å². The smallest absolute Gasteiger partial charge is 0.313 e. The SMILES string of the molecule is O=C(O)CSc1nc2cccnc2n1C1CCS(=O)(=O)C1. The van der Waals surface area contributed by atoms with Gasteiger partial charge in [-0.05, 0) is 18.6 Å². The van der Waals surface area contributed by atoms with Crippen molar-refractivity contribution in [2.75, 3.05) is 17.3 Å². The van der Waals surface area contributed by atoms with Crippen LogP contribution in [0.4, 0.5) is 0 Å². The largest absolute Gasteiger partial charge is 0.481 e. The van der Waals surface area contributed by atoms with E-state index >= 15 is 0 Å². The number of thioether (sulfide) groups is 1. The number of carbonyl (C=O) groups is 1. The number of hydrogen-bond acceptors (Lipinski definition) is 6. The van der Waals surface area contributed by atoms with Crippen molar-refractivity contribution in [2.24, 2.45) is 0 Å². The number of imidazole rings is 1. The summed E-state index contributed by atoms with van der Waals surface area (Å²) in [4.78, 5) is 19.4. The summed E-state index contributed by atoms with van der Waals surface area (Å²) in [5.41, 5.74) is 1.25. The highest BCUT2D eigenvalue weighted by Gasteiger charge is 2.32. The summed E-state index contributed by atoms with van der Waals surface area (Å²) in [6.45, 7) is 0. The van der Waals surface area contributed by atoms with Crippen LogP contribution in [0.25, 0.3) is 11.2 Å². The monoisotopic (exact) mass is 327 g/mol. The second-order valence-electron chi connectivity index (χ2n) is 4.85. The molecule has 0 saturated carbocycles. The van der Waals surface area contributed by atoms with Crippen LogP contribution < -0.4 is 0 Å². The molecule has 3 rings (SSSR count). The molecule has 1 unspecified atom stereocenters. The standard InChI is InChI=1S/C12H13N3O4S2/c16-10(17)6-20-12-14-9-2-1-4-13-11(9)15(12)8-3-5-21(18,19)7-8/h1-2,4,8H,3,5-7H2,(H,16,17). The van der Waals surface area contributed by atoms with Crippen LogP contribution in [-0.4, -0.2) is 51.3 Å². The quantitative estimate of drug-likeness (QED) is 0.835. The molecule has 1 aliphatic heterocycles. The molecule has 0 aromatic carbocycles. The van der Waals surface area contributed by atoms with Crippen LogP contribution in [0.2, 0.25) is 0 Å². The number of carboxylic acids is 1. The van der Waals surface area contributed by atoms with E-state index in [9.17, 15) is 13.2 Å². The number of hydrogen-bond donors (Lipinski definition) is 1. The van der Waals surface area contributed by atoms with Crippen LogP contribution in [0.3, 0.4) is 0 Å². The zero-order valence-electron chi connectivity index (χ0n) is 11.0. The summed E-state index contributed by atoms with van der Waals surface area (Å²) in [7, 11) is -3.04. The molecular weight excluding hydrogens is 314 g/mol. The first-order valence-electron chi connectivity index (χ1n) is 6.34. The van der Waals surface area contributed by atoms with Crippen molar-refractivity contribution in [3.63, 3.8) is 0 Å². The minimum absolute atomic E-state index is 0.0513. The lowest BCUT2D eigenvalue weighted by Crippen LogP contribution is -2.13. The van der Waals surface area contributed by atoms with Crippen LogP contribution in [-0.2, 0) is 14.6 Å². The van der Waals surface area contributed by atoms with E-state index in [0.717, 1.165) is 11.8 Å². The number of aliphatic carboxylic acids is 1. The van der Waals surface area contributed by atoms with E-state index in [1.165, 1.54) is 0 Å². The highest BCUT2D eigenvalue weighted by molar-refractivity contribution is 7.99. The second kappa shape index (κ2) is 5.30. The summed E-state index contributed by atoms with van der Waals surface area (Å²) < 4.78 is 25.2. The summed E-state index contributed by atoms with van der Waals surface area (Å²) in [5, 5.41) is 9.33. The van der Waals surface area contributed by atoms with Crippen LogP contribution >= 0.6 is 11.8 Å². The lowest BCUT2D eigenvalue weighted by Gasteiger charge is -2.13. The number of aromatic nitrogens is 3. The lowest BCUT2D eigenvalue weighted by atomic mass is 10.2. The summed E-state index contributed by atoms with van der Waals surface area (Å²) >= 11 is 1.09. The average Bonchev–Trinajstić information content (AvgIpc) is 2.95. The van der Waals surface area contributed by atoms with E-state index in [1.807, 2.05) is 0 Å². The van der Waals surface area contributed by atoms with E-state index in [0.29, 0.717) is 22.7 Å². The summed E-state index contributed by atoms with van der Waals surface area (Å²) in [5.74, 6) is -0.864. The van der Waals surface area contributed by atoms with Gasteiger partial charge >= 0.3 is 5.97 Å². The van der Waals surface area contributed by atoms with Gasteiger partial charge in [0.25, 0.3) is 0 Å². The molecule has 21 heavy (non-hydrogen) atoms. The molecular formula is C12H13N3O4S2. The maximum absolute atomic E-state index is 11.7. The van der Waals surface area contributed by atoms with Crippen molar-refractivity contribution >= 4 is 38.7 Å². The van der Waals surface area contributed by atoms with Gasteiger partial charge in [-0.1, -0.05) is 11.8 Å². The molecule has 0 amide bonds. The maximum Gasteiger partial charge on any atom is 0.313 e. The number of fused-ring (bicyclic) bond motifs is 1. The van der Waals surface area contributed by atoms with Gasteiger partial charge in [0.2, 0.25) is 0 Å². The van der Waals surface area contributed by atoms with Crippen LogP contribution in [0.15, 0.2) is 23.5 Å². The molecule has 7 nitrogen and oxygen atoms in total. The van der Waals surface area contributed by atoms with Crippen LogP contribution in [0.1, 0.15) is 12.5 Å². The lowest BCUT2D eigenvalue weighted by molar-refractivity contribution is -0.133. The van der Waals surface area contributed by atoms with Crippen LogP contribution in [0, 0.1) is 0 Å². The molecule has 9 heteroatoms. The summed E-state index contributed by atoms with van der Waals surface area (Å²) in [6, 6.07) is 3.30. The fourth-order valence-electron chi connectivity index (χ4n) is 2.45. The first-order valence-corrected chi connectivity index (χ1v) is 9.15. The van der Waals surface area contributed by atoms with E-state index in [4.69, 9.17) is 5.11 Å². The normalized spacial score (nSPS) is 20.9. The zero-order chi connectivity index (χ0) is 15.0. The van der Waals surface area contributed by atoms with Gasteiger partial charge in [-0.3, -0.25) is 9.36 Å². The van der Waals surface area contributed by atoms with Crippen molar-refractivity contribution in [2.45, 2.75) is 17.6 Å². The Labute approximate surface area is 125 Å². The van der Waals surface area contributed by atoms with Crippen molar-refractivity contribution in [1.29, 1.82) is 0 Å². The Morgan fingerprint density at radius 2 is 2.33 bits per heavy atom. The molecule has 0 radical (unpaired) electrons. The number of nitrogens with zero attached hydrogens (tertiary/aromatic N) is 3. The minimum atomic E-state index is -3.04. The molecule has 0 bridgehead atoms. The number of sulfone groups is 1. The van der Waals surface area contributed by atoms with Gasteiger partial charge in [0.1, 0.15) is 5.52 Å². The van der Waals surface area contributed by atoms with Gasteiger partial charge < -0.3 is 5.11 Å². The Morgan fingerprint density at radius 3 is 3.00 bits per heavy atom. The molecule has 1 atom stereocenters. The van der Waals surface area contributed by atoms with Crippen molar-refractivity contribution in [3.05, 3.63) is 18.3 Å². The fraction of sp³-hybridized carbons (Fsp3) is 0.417. The highest BCUT2D eigenvalue weighted by atomic mass is 32.2. The fourth-order valence-corrected chi connectivity index (χ4v) is 4.94. The molecule has 3 heterocycles. The molecule has 1 saturated heterocycles. The van der Waals surface area contributed by atoms with Crippen molar-refractivity contribution in [3.8, 4) is 0 Å². The van der Waals surface area contributed by atoms with Crippen LogP contribution in [0.5, 0.6) is 0 Å². The molecule has 1 fully saturated rings. The molecule has 0 aliphatic carbocycles. The third-order valence-corrected chi connectivity index (χ3v) is 6.00. The second-order valence-corrected chi connectivity index (χ2v) is 8.02. The Hall–Kier alpha value is -1.61. The third-order valence-electron chi connectivity index (χ3n) is 3.31. The van der Waals surface area contributed by atoms with Gasteiger partial charge in [-0.25, -0.2) is 18.4 Å². The Balaban J connectivity index is 2.05. The van der Waals surface area contributed by atoms with E-state index < -0.39 is 15.8 Å². The first kappa shape index (κ1) is 14.3. The van der Waals surface area contributed by atoms with Gasteiger partial charge in [-0.2, -0.15) is 0 Å². The molecule has 1 N–H and O–H groups in total.